The first-order chi connectivity index (χ1) is 7.28. The molecule has 0 amide bonds. The summed E-state index contributed by atoms with van der Waals surface area (Å²) in [5.41, 5.74) is 1.50. The van der Waals surface area contributed by atoms with Gasteiger partial charge in [0.25, 0.3) is 0 Å². The third-order valence-electron chi connectivity index (χ3n) is 1.66. The van der Waals surface area contributed by atoms with Crippen molar-refractivity contribution in [1.82, 2.24) is 9.97 Å². The molecule has 0 atom stereocenters. The third kappa shape index (κ3) is 2.55. The van der Waals surface area contributed by atoms with Crippen LogP contribution in [0.2, 0.25) is 0 Å². The van der Waals surface area contributed by atoms with E-state index in [-0.39, 0.29) is 0 Å². The van der Waals surface area contributed by atoms with Crippen molar-refractivity contribution in [2.24, 2.45) is 0 Å². The van der Waals surface area contributed by atoms with Gasteiger partial charge in [0.05, 0.1) is 11.6 Å². The first-order valence-corrected chi connectivity index (χ1v) is 5.93. The first-order valence-electron chi connectivity index (χ1n) is 4.24. The van der Waals surface area contributed by atoms with E-state index in [0.29, 0.717) is 5.56 Å². The molecule has 0 unspecified atom stereocenters. The van der Waals surface area contributed by atoms with Crippen LogP contribution in [-0.2, 0) is 0 Å². The minimum Gasteiger partial charge on any atom is -0.246 e. The molecule has 0 saturated heterocycles. The molecule has 0 spiro atoms. The average molecular weight is 233 g/mol. The van der Waals surface area contributed by atoms with Crippen LogP contribution >= 0.6 is 23.1 Å². The Morgan fingerprint density at radius 2 is 2.33 bits per heavy atom. The van der Waals surface area contributed by atoms with Gasteiger partial charge < -0.3 is 0 Å². The van der Waals surface area contributed by atoms with Gasteiger partial charge in [0.15, 0.2) is 4.34 Å². The van der Waals surface area contributed by atoms with Gasteiger partial charge in [-0.2, -0.15) is 5.26 Å². The number of aromatic nitrogens is 2. The number of nitriles is 1. The zero-order chi connectivity index (χ0) is 10.7. The second-order valence-corrected chi connectivity index (χ2v) is 5.01. The number of rotatable bonds is 2. The zero-order valence-corrected chi connectivity index (χ0v) is 9.60. The molecule has 0 saturated carbocycles. The largest absolute Gasteiger partial charge is 0.246 e. The van der Waals surface area contributed by atoms with Crippen molar-refractivity contribution in [3.8, 4) is 6.07 Å². The Bertz CT molecular complexity index is 500. The van der Waals surface area contributed by atoms with E-state index < -0.39 is 0 Å². The predicted octanol–water partition coefficient (Wildman–Crippen LogP) is 2.87. The Labute approximate surface area is 95.8 Å². The second-order valence-electron chi connectivity index (χ2n) is 2.85. The highest BCUT2D eigenvalue weighted by Crippen LogP contribution is 2.28. The Morgan fingerprint density at radius 1 is 1.47 bits per heavy atom. The van der Waals surface area contributed by atoms with Gasteiger partial charge in [0.1, 0.15) is 5.03 Å². The molecule has 0 aliphatic rings. The number of pyridine rings is 1. The summed E-state index contributed by atoms with van der Waals surface area (Å²) in [4.78, 5) is 8.49. The molecule has 2 rings (SSSR count). The quantitative estimate of drug-likeness (QED) is 0.800. The topological polar surface area (TPSA) is 49.6 Å². The summed E-state index contributed by atoms with van der Waals surface area (Å²) in [6, 6.07) is 5.66. The fourth-order valence-electron chi connectivity index (χ4n) is 1.11. The molecule has 2 aromatic heterocycles. The van der Waals surface area contributed by atoms with Crippen LogP contribution < -0.4 is 0 Å². The maximum Gasteiger partial charge on any atom is 0.156 e. The van der Waals surface area contributed by atoms with Gasteiger partial charge in [-0.3, -0.25) is 0 Å². The standard InChI is InChI=1S/C10H7N3S2/c1-7-4-8(6-11)5-9(13-7)15-10-12-2-3-14-10/h2-5H,1H3. The lowest BCUT2D eigenvalue weighted by molar-refractivity contribution is 1.05. The SMILES string of the molecule is Cc1cc(C#N)cc(Sc2nccs2)n1. The molecule has 0 radical (unpaired) electrons. The van der Waals surface area contributed by atoms with E-state index >= 15 is 0 Å². The Morgan fingerprint density at radius 3 is 3.00 bits per heavy atom. The molecule has 2 aromatic rings. The van der Waals surface area contributed by atoms with Crippen LogP contribution in [0.15, 0.2) is 33.1 Å². The number of hydrogen-bond donors (Lipinski definition) is 0. The van der Waals surface area contributed by atoms with E-state index in [1.54, 1.807) is 29.7 Å². The molecule has 0 fully saturated rings. The summed E-state index contributed by atoms with van der Waals surface area (Å²) in [6.45, 7) is 1.88. The van der Waals surface area contributed by atoms with Crippen LogP contribution in [0.25, 0.3) is 0 Å². The van der Waals surface area contributed by atoms with Crippen LogP contribution in [0.4, 0.5) is 0 Å². The molecule has 3 nitrogen and oxygen atoms in total. The normalized spacial score (nSPS) is 9.87. The molecular formula is C10H7N3S2. The highest BCUT2D eigenvalue weighted by molar-refractivity contribution is 8.00. The fourth-order valence-corrected chi connectivity index (χ4v) is 2.75. The average Bonchev–Trinajstić information content (AvgIpc) is 2.69. The van der Waals surface area contributed by atoms with Crippen LogP contribution in [-0.4, -0.2) is 9.97 Å². The van der Waals surface area contributed by atoms with Gasteiger partial charge in [-0.05, 0) is 30.8 Å². The maximum atomic E-state index is 8.81. The van der Waals surface area contributed by atoms with E-state index in [2.05, 4.69) is 16.0 Å². The van der Waals surface area contributed by atoms with Gasteiger partial charge in [0.2, 0.25) is 0 Å². The number of hydrogen-bond acceptors (Lipinski definition) is 5. The van der Waals surface area contributed by atoms with Crippen molar-refractivity contribution in [2.45, 2.75) is 16.3 Å². The molecule has 74 valence electrons. The minimum atomic E-state index is 0.640. The van der Waals surface area contributed by atoms with E-state index in [0.717, 1.165) is 15.1 Å². The van der Waals surface area contributed by atoms with E-state index in [4.69, 9.17) is 5.26 Å². The zero-order valence-electron chi connectivity index (χ0n) is 7.97. The summed E-state index contributed by atoms with van der Waals surface area (Å²) in [7, 11) is 0. The molecule has 0 aliphatic carbocycles. The number of aryl methyl sites for hydroxylation is 1. The molecule has 0 aromatic carbocycles. The van der Waals surface area contributed by atoms with Crippen molar-refractivity contribution in [3.63, 3.8) is 0 Å². The Hall–Kier alpha value is -1.38. The summed E-state index contributed by atoms with van der Waals surface area (Å²) < 4.78 is 0.942. The first kappa shape index (κ1) is 10.1. The number of thiazole rings is 1. The Balaban J connectivity index is 2.29. The summed E-state index contributed by atoms with van der Waals surface area (Å²) in [5, 5.41) is 11.6. The van der Waals surface area contributed by atoms with E-state index in [9.17, 15) is 0 Å². The van der Waals surface area contributed by atoms with Crippen LogP contribution in [0, 0.1) is 18.3 Å². The van der Waals surface area contributed by atoms with Crippen LogP contribution in [0.1, 0.15) is 11.3 Å². The van der Waals surface area contributed by atoms with Crippen molar-refractivity contribution in [1.29, 1.82) is 5.26 Å². The lowest BCUT2D eigenvalue weighted by Crippen LogP contribution is -1.87. The van der Waals surface area contributed by atoms with Crippen LogP contribution in [0.3, 0.4) is 0 Å². The maximum absolute atomic E-state index is 8.81. The molecule has 5 heteroatoms. The third-order valence-corrected chi connectivity index (χ3v) is 3.46. The molecule has 15 heavy (non-hydrogen) atoms. The highest BCUT2D eigenvalue weighted by Gasteiger charge is 2.03. The van der Waals surface area contributed by atoms with Crippen molar-refractivity contribution >= 4 is 23.1 Å². The molecular weight excluding hydrogens is 226 g/mol. The van der Waals surface area contributed by atoms with Gasteiger partial charge in [0, 0.05) is 17.3 Å². The molecule has 0 N–H and O–H groups in total. The van der Waals surface area contributed by atoms with Gasteiger partial charge >= 0.3 is 0 Å². The molecule has 0 bridgehead atoms. The molecule has 0 aliphatic heterocycles. The smallest absolute Gasteiger partial charge is 0.156 e. The van der Waals surface area contributed by atoms with E-state index in [1.165, 1.54) is 11.8 Å². The van der Waals surface area contributed by atoms with Crippen molar-refractivity contribution < 1.29 is 0 Å². The van der Waals surface area contributed by atoms with E-state index in [1.807, 2.05) is 12.3 Å². The lowest BCUT2D eigenvalue weighted by atomic mass is 10.2. The summed E-state index contributed by atoms with van der Waals surface area (Å²) >= 11 is 3.05. The van der Waals surface area contributed by atoms with Crippen molar-refractivity contribution in [3.05, 3.63) is 35.0 Å². The second kappa shape index (κ2) is 4.43. The summed E-state index contributed by atoms with van der Waals surface area (Å²) in [5.74, 6) is 0. The van der Waals surface area contributed by atoms with Gasteiger partial charge in [-0.1, -0.05) is 0 Å². The van der Waals surface area contributed by atoms with Gasteiger partial charge in [-0.25, -0.2) is 9.97 Å². The minimum absolute atomic E-state index is 0.640. The Kier molecular flexibility index (Phi) is 2.99. The highest BCUT2D eigenvalue weighted by atomic mass is 32.2. The van der Waals surface area contributed by atoms with Crippen LogP contribution in [0.5, 0.6) is 0 Å². The van der Waals surface area contributed by atoms with Gasteiger partial charge in [-0.15, -0.1) is 11.3 Å². The van der Waals surface area contributed by atoms with Crippen molar-refractivity contribution in [2.75, 3.05) is 0 Å². The molecule has 2 heterocycles. The fraction of sp³-hybridized carbons (Fsp3) is 0.100. The summed E-state index contributed by atoms with van der Waals surface area (Å²) in [6.07, 6.45) is 1.76. The monoisotopic (exact) mass is 233 g/mol. The predicted molar refractivity (Wildman–Crippen MR) is 59.9 cm³/mol. The lowest BCUT2D eigenvalue weighted by Gasteiger charge is -1.99. The number of nitrogens with zero attached hydrogens (tertiary/aromatic N) is 3.